The van der Waals surface area contributed by atoms with Crippen LogP contribution in [-0.2, 0) is 6.61 Å². The number of halogens is 4. The van der Waals surface area contributed by atoms with Crippen LogP contribution in [0.2, 0.25) is 5.02 Å². The molecular formula is C26H21BrClF2NO2. The van der Waals surface area contributed by atoms with Gasteiger partial charge in [-0.15, -0.1) is 0 Å². The van der Waals surface area contributed by atoms with Crippen molar-refractivity contribution >= 4 is 33.2 Å². The Morgan fingerprint density at radius 2 is 1.91 bits per heavy atom. The molecule has 33 heavy (non-hydrogen) atoms. The molecule has 3 atom stereocenters. The van der Waals surface area contributed by atoms with Gasteiger partial charge >= 0.3 is 0 Å². The van der Waals surface area contributed by atoms with Gasteiger partial charge in [0.1, 0.15) is 18.2 Å². The third-order valence-electron chi connectivity index (χ3n) is 6.29. The van der Waals surface area contributed by atoms with Crippen LogP contribution in [0.5, 0.6) is 11.5 Å². The molecule has 3 aromatic rings. The lowest BCUT2D eigenvalue weighted by atomic mass is 9.77. The first-order valence-corrected chi connectivity index (χ1v) is 11.8. The predicted octanol–water partition coefficient (Wildman–Crippen LogP) is 7.79. The summed E-state index contributed by atoms with van der Waals surface area (Å²) in [6.45, 7) is 0.353. The van der Waals surface area contributed by atoms with E-state index in [0.29, 0.717) is 34.4 Å². The Hall–Kier alpha value is -2.57. The lowest BCUT2D eigenvalue weighted by Crippen LogP contribution is -2.30. The van der Waals surface area contributed by atoms with E-state index in [9.17, 15) is 8.78 Å². The fourth-order valence-corrected chi connectivity index (χ4v) is 5.45. The number of nitrogens with one attached hydrogen (secondary N) is 1. The molecule has 0 bridgehead atoms. The second kappa shape index (κ2) is 8.99. The molecular weight excluding hydrogens is 512 g/mol. The summed E-state index contributed by atoms with van der Waals surface area (Å²) in [6.07, 6.45) is 4.94. The van der Waals surface area contributed by atoms with Crippen molar-refractivity contribution in [3.63, 3.8) is 0 Å². The van der Waals surface area contributed by atoms with Crippen molar-refractivity contribution in [2.75, 3.05) is 12.4 Å². The van der Waals surface area contributed by atoms with E-state index in [4.69, 9.17) is 21.1 Å². The van der Waals surface area contributed by atoms with Crippen molar-refractivity contribution in [3.8, 4) is 11.5 Å². The second-order valence-corrected chi connectivity index (χ2v) is 9.57. The highest BCUT2D eigenvalue weighted by Gasteiger charge is 2.39. The van der Waals surface area contributed by atoms with Gasteiger partial charge in [-0.3, -0.25) is 0 Å². The average molecular weight is 533 g/mol. The molecule has 2 aliphatic rings. The number of ether oxygens (including phenoxy) is 2. The van der Waals surface area contributed by atoms with Gasteiger partial charge in [-0.2, -0.15) is 0 Å². The number of rotatable bonds is 5. The Labute approximate surface area is 204 Å². The third-order valence-corrected chi connectivity index (χ3v) is 7.13. The number of hydrogen-bond acceptors (Lipinski definition) is 3. The SMILES string of the molecule is COc1cc([C@@H]2Nc3c(F)cc(F)cc3[C@H]3C=CC[C@@H]32)cc(Br)c1OCc1ccc(Cl)cc1. The van der Waals surface area contributed by atoms with Crippen LogP contribution in [0.25, 0.3) is 0 Å². The summed E-state index contributed by atoms with van der Waals surface area (Å²) in [7, 11) is 1.59. The Bertz CT molecular complexity index is 1230. The van der Waals surface area contributed by atoms with E-state index in [2.05, 4.69) is 27.3 Å². The maximum absolute atomic E-state index is 14.7. The highest BCUT2D eigenvalue weighted by Crippen LogP contribution is 2.52. The zero-order valence-electron chi connectivity index (χ0n) is 17.7. The van der Waals surface area contributed by atoms with Gasteiger partial charge in [-0.05, 0) is 75.3 Å². The van der Waals surface area contributed by atoms with Crippen LogP contribution in [-0.4, -0.2) is 7.11 Å². The number of allylic oxidation sites excluding steroid dienone is 2. The minimum atomic E-state index is -0.581. The molecule has 170 valence electrons. The van der Waals surface area contributed by atoms with Crippen LogP contribution in [0, 0.1) is 17.6 Å². The third kappa shape index (κ3) is 4.22. The summed E-state index contributed by atoms with van der Waals surface area (Å²) < 4.78 is 41.0. The monoisotopic (exact) mass is 531 g/mol. The summed E-state index contributed by atoms with van der Waals surface area (Å²) in [6, 6.07) is 13.5. The van der Waals surface area contributed by atoms with Gasteiger partial charge in [0.2, 0.25) is 0 Å². The molecule has 0 unspecified atom stereocenters. The van der Waals surface area contributed by atoms with E-state index in [-0.39, 0.29) is 17.9 Å². The second-order valence-electron chi connectivity index (χ2n) is 8.28. The molecule has 3 nitrogen and oxygen atoms in total. The first-order chi connectivity index (χ1) is 15.9. The van der Waals surface area contributed by atoms with Gasteiger partial charge in [0.25, 0.3) is 0 Å². The van der Waals surface area contributed by atoms with Crippen molar-refractivity contribution in [2.45, 2.75) is 25.0 Å². The standard InChI is InChI=1S/C26H21BrClF2NO2/c1-32-23-10-15(9-21(27)26(23)33-13-14-5-7-16(28)8-6-14)24-19-4-2-3-18(19)20-11-17(29)12-22(30)25(20)31-24/h2-3,5-12,18-19,24,31H,4,13H2,1H3/t18-,19-,24-/m0/s1. The van der Waals surface area contributed by atoms with E-state index in [1.54, 1.807) is 7.11 Å². The van der Waals surface area contributed by atoms with Gasteiger partial charge < -0.3 is 14.8 Å². The molecule has 0 spiro atoms. The highest BCUT2D eigenvalue weighted by molar-refractivity contribution is 9.10. The Kier molecular flexibility index (Phi) is 6.06. The number of hydrogen-bond donors (Lipinski definition) is 1. The van der Waals surface area contributed by atoms with Crippen LogP contribution in [0.15, 0.2) is 65.2 Å². The molecule has 1 aliphatic carbocycles. The van der Waals surface area contributed by atoms with Crippen molar-refractivity contribution in [1.29, 1.82) is 0 Å². The van der Waals surface area contributed by atoms with Crippen LogP contribution in [0.1, 0.15) is 35.1 Å². The summed E-state index contributed by atoms with van der Waals surface area (Å²) in [5.74, 6) is 0.0998. The maximum atomic E-state index is 14.7. The van der Waals surface area contributed by atoms with E-state index in [0.717, 1.165) is 28.1 Å². The lowest BCUT2D eigenvalue weighted by Gasteiger charge is -2.38. The number of methoxy groups -OCH3 is 1. The molecule has 0 saturated carbocycles. The summed E-state index contributed by atoms with van der Waals surface area (Å²) in [5.41, 5.74) is 2.93. The summed E-state index contributed by atoms with van der Waals surface area (Å²) >= 11 is 9.59. The summed E-state index contributed by atoms with van der Waals surface area (Å²) in [5, 5.41) is 4.00. The normalized spacial score (nSPS) is 20.7. The minimum Gasteiger partial charge on any atom is -0.493 e. The first-order valence-electron chi connectivity index (χ1n) is 10.6. The molecule has 3 aromatic carbocycles. The van der Waals surface area contributed by atoms with Crippen LogP contribution >= 0.6 is 27.5 Å². The lowest BCUT2D eigenvalue weighted by molar-refractivity contribution is 0.282. The molecule has 0 fully saturated rings. The average Bonchev–Trinajstić information content (AvgIpc) is 3.29. The zero-order chi connectivity index (χ0) is 23.1. The summed E-state index contributed by atoms with van der Waals surface area (Å²) in [4.78, 5) is 0. The molecule has 1 aliphatic heterocycles. The van der Waals surface area contributed by atoms with Gasteiger partial charge in [-0.1, -0.05) is 35.9 Å². The van der Waals surface area contributed by atoms with Crippen molar-refractivity contribution in [1.82, 2.24) is 0 Å². The first kappa shape index (κ1) is 22.2. The van der Waals surface area contributed by atoms with Gasteiger partial charge in [0.15, 0.2) is 11.5 Å². The van der Waals surface area contributed by atoms with E-state index < -0.39 is 11.6 Å². The maximum Gasteiger partial charge on any atom is 0.175 e. The molecule has 5 rings (SSSR count). The number of anilines is 1. The smallest absolute Gasteiger partial charge is 0.175 e. The fraction of sp³-hybridized carbons (Fsp3) is 0.231. The molecule has 0 amide bonds. The Morgan fingerprint density at radius 3 is 2.67 bits per heavy atom. The molecule has 0 saturated heterocycles. The Morgan fingerprint density at radius 1 is 1.12 bits per heavy atom. The topological polar surface area (TPSA) is 30.5 Å². The Balaban J connectivity index is 1.47. The van der Waals surface area contributed by atoms with Crippen molar-refractivity contribution in [3.05, 3.63) is 98.5 Å². The highest BCUT2D eigenvalue weighted by atomic mass is 79.9. The van der Waals surface area contributed by atoms with Crippen molar-refractivity contribution < 1.29 is 18.3 Å². The van der Waals surface area contributed by atoms with E-state index >= 15 is 0 Å². The van der Waals surface area contributed by atoms with Crippen LogP contribution in [0.4, 0.5) is 14.5 Å². The molecule has 1 N–H and O–H groups in total. The quantitative estimate of drug-likeness (QED) is 0.340. The van der Waals surface area contributed by atoms with E-state index in [1.807, 2.05) is 42.5 Å². The van der Waals surface area contributed by atoms with Crippen molar-refractivity contribution in [2.24, 2.45) is 5.92 Å². The predicted molar refractivity (Wildman–Crippen MR) is 129 cm³/mol. The van der Waals surface area contributed by atoms with Gasteiger partial charge in [0, 0.05) is 17.0 Å². The van der Waals surface area contributed by atoms with Crippen LogP contribution < -0.4 is 14.8 Å². The van der Waals surface area contributed by atoms with Crippen LogP contribution in [0.3, 0.4) is 0 Å². The molecule has 7 heteroatoms. The largest absolute Gasteiger partial charge is 0.493 e. The fourth-order valence-electron chi connectivity index (χ4n) is 4.75. The van der Waals surface area contributed by atoms with E-state index in [1.165, 1.54) is 6.07 Å². The zero-order valence-corrected chi connectivity index (χ0v) is 20.1. The minimum absolute atomic E-state index is 0.0537. The number of benzene rings is 3. The van der Waals surface area contributed by atoms with Gasteiger partial charge in [-0.25, -0.2) is 8.78 Å². The molecule has 1 heterocycles. The molecule has 0 radical (unpaired) electrons. The molecule has 0 aromatic heterocycles. The number of fused-ring (bicyclic) bond motifs is 3. The van der Waals surface area contributed by atoms with Gasteiger partial charge in [0.05, 0.1) is 23.3 Å².